The molecule has 5 N–H and O–H groups in total. The van der Waals surface area contributed by atoms with E-state index in [-0.39, 0.29) is 35.4 Å². The van der Waals surface area contributed by atoms with Gasteiger partial charge >= 0.3 is 6.18 Å². The van der Waals surface area contributed by atoms with Crippen LogP contribution in [0.3, 0.4) is 0 Å². The van der Waals surface area contributed by atoms with Gasteiger partial charge in [0.2, 0.25) is 5.91 Å². The Balaban J connectivity index is 1.36. The molecule has 3 aromatic heterocycles. The number of anilines is 2. The lowest BCUT2D eigenvalue weighted by Gasteiger charge is -2.31. The summed E-state index contributed by atoms with van der Waals surface area (Å²) in [7, 11) is 0. The number of nitrogen functional groups attached to an aromatic ring is 1. The van der Waals surface area contributed by atoms with Gasteiger partial charge in [-0.2, -0.15) is 18.3 Å². The molecule has 1 aliphatic heterocycles. The average molecular weight is 619 g/mol. The molecular formula is C32H33F3N8O2. The second kappa shape index (κ2) is 12.3. The van der Waals surface area contributed by atoms with Gasteiger partial charge in [0.15, 0.2) is 0 Å². The Morgan fingerprint density at radius 2 is 1.93 bits per heavy atom. The Labute approximate surface area is 257 Å². The number of alkyl halides is 3. The van der Waals surface area contributed by atoms with Crippen LogP contribution in [0.5, 0.6) is 0 Å². The topological polar surface area (TPSA) is 140 Å². The molecule has 3 atom stereocenters. The summed E-state index contributed by atoms with van der Waals surface area (Å²) in [6.45, 7) is 2.55. The van der Waals surface area contributed by atoms with E-state index in [9.17, 15) is 22.8 Å². The standard InChI is InChI=1S/C32H33F3N8O2/c1-18-14-26(44)40-23-5-2-6-24(16-23)43-29-21(4-3-12-37-18)17-39-30(36)27(29)28(42-43)19-7-9-20(10-8-19)31(45)41-25-15-22(11-13-38-25)32(33,34)35/h3-4,7-11,13,15,17-18,23-24,37H,2,5-6,12,14,16H2,1H3,(H2,36,39)(H,40,44)(H,38,41,45)/b4-3+/t18-,23-,24-/m1/s1. The summed E-state index contributed by atoms with van der Waals surface area (Å²) >= 11 is 0. The molecule has 0 saturated heterocycles. The largest absolute Gasteiger partial charge is 0.416 e. The average Bonchev–Trinajstić information content (AvgIpc) is 3.42. The molecule has 10 nitrogen and oxygen atoms in total. The second-order valence-electron chi connectivity index (χ2n) is 11.6. The van der Waals surface area contributed by atoms with Crippen LogP contribution < -0.4 is 21.7 Å². The number of hydrogen-bond donors (Lipinski definition) is 4. The van der Waals surface area contributed by atoms with Gasteiger partial charge in [0.1, 0.15) is 17.3 Å². The maximum absolute atomic E-state index is 13.1. The van der Waals surface area contributed by atoms with Gasteiger partial charge in [0.05, 0.1) is 22.5 Å². The van der Waals surface area contributed by atoms with Gasteiger partial charge in [0.25, 0.3) is 5.91 Å². The Hall–Kier alpha value is -4.78. The first kappa shape index (κ1) is 30.3. The number of nitrogens with zero attached hydrogens (tertiary/aromatic N) is 4. The fourth-order valence-electron chi connectivity index (χ4n) is 6.06. The molecule has 4 aromatic rings. The number of aromatic nitrogens is 4. The minimum absolute atomic E-state index is 0.0118. The highest BCUT2D eigenvalue weighted by Crippen LogP contribution is 2.39. The summed E-state index contributed by atoms with van der Waals surface area (Å²) in [4.78, 5) is 33.9. The molecule has 2 aliphatic rings. The van der Waals surface area contributed by atoms with Crippen LogP contribution >= 0.6 is 0 Å². The van der Waals surface area contributed by atoms with Gasteiger partial charge in [-0.15, -0.1) is 0 Å². The molecule has 1 saturated carbocycles. The number of amides is 2. The molecule has 45 heavy (non-hydrogen) atoms. The lowest BCUT2D eigenvalue weighted by atomic mass is 9.90. The first-order valence-electron chi connectivity index (χ1n) is 14.9. The van der Waals surface area contributed by atoms with E-state index in [0.29, 0.717) is 35.4 Å². The van der Waals surface area contributed by atoms with Crippen molar-refractivity contribution in [3.8, 4) is 11.3 Å². The highest BCUT2D eigenvalue weighted by Gasteiger charge is 2.31. The van der Waals surface area contributed by atoms with Crippen molar-refractivity contribution in [1.29, 1.82) is 0 Å². The zero-order chi connectivity index (χ0) is 31.7. The summed E-state index contributed by atoms with van der Waals surface area (Å²) in [5.41, 5.74) is 8.79. The van der Waals surface area contributed by atoms with Gasteiger partial charge in [-0.1, -0.05) is 24.3 Å². The predicted molar refractivity (Wildman–Crippen MR) is 165 cm³/mol. The molecule has 0 spiro atoms. The zero-order valence-corrected chi connectivity index (χ0v) is 24.6. The number of pyridine rings is 2. The number of halogens is 3. The van der Waals surface area contributed by atoms with Crippen LogP contribution in [0.25, 0.3) is 28.2 Å². The quantitative estimate of drug-likeness (QED) is 0.243. The SMILES string of the molecule is C[C@@H]1CC(=O)N[C@@H]2CCC[C@H](C2)n2nc(-c3ccc(C(=O)Nc4cc(C(F)(F)F)ccn4)cc3)c3c(N)ncc(c32)/C=C/CN1. The van der Waals surface area contributed by atoms with E-state index in [1.54, 1.807) is 30.5 Å². The normalized spacial score (nSPS) is 21.5. The first-order valence-corrected chi connectivity index (χ1v) is 14.9. The van der Waals surface area contributed by atoms with Gasteiger partial charge in [-0.25, -0.2) is 9.97 Å². The molecule has 2 amide bonds. The number of nitrogens with one attached hydrogen (secondary N) is 3. The van der Waals surface area contributed by atoms with Gasteiger partial charge in [-0.3, -0.25) is 14.3 Å². The van der Waals surface area contributed by atoms with E-state index in [0.717, 1.165) is 55.1 Å². The summed E-state index contributed by atoms with van der Waals surface area (Å²) in [5, 5.41) is 14.7. The van der Waals surface area contributed by atoms with E-state index >= 15 is 0 Å². The highest BCUT2D eigenvalue weighted by atomic mass is 19.4. The van der Waals surface area contributed by atoms with Crippen LogP contribution in [0.4, 0.5) is 24.8 Å². The summed E-state index contributed by atoms with van der Waals surface area (Å²) in [6, 6.07) is 8.28. The lowest BCUT2D eigenvalue weighted by Crippen LogP contribution is -2.41. The highest BCUT2D eigenvalue weighted by molar-refractivity contribution is 6.06. The van der Waals surface area contributed by atoms with Gasteiger partial charge in [-0.05, 0) is 56.9 Å². The van der Waals surface area contributed by atoms with Gasteiger partial charge < -0.3 is 21.7 Å². The zero-order valence-electron chi connectivity index (χ0n) is 24.6. The smallest absolute Gasteiger partial charge is 0.383 e. The van der Waals surface area contributed by atoms with E-state index in [4.69, 9.17) is 10.8 Å². The Bertz CT molecular complexity index is 1770. The summed E-state index contributed by atoms with van der Waals surface area (Å²) < 4.78 is 41.3. The van der Waals surface area contributed by atoms with Crippen molar-refractivity contribution in [3.63, 3.8) is 0 Å². The Kier molecular flexibility index (Phi) is 8.28. The van der Waals surface area contributed by atoms with E-state index in [2.05, 4.69) is 25.9 Å². The third-order valence-corrected chi connectivity index (χ3v) is 8.26. The van der Waals surface area contributed by atoms with Crippen molar-refractivity contribution in [2.75, 3.05) is 17.6 Å². The molecule has 4 heterocycles. The third-order valence-electron chi connectivity index (χ3n) is 8.26. The third kappa shape index (κ3) is 6.53. The molecule has 0 unspecified atom stereocenters. The second-order valence-corrected chi connectivity index (χ2v) is 11.6. The molecular weight excluding hydrogens is 585 g/mol. The molecule has 1 aliphatic carbocycles. The number of benzene rings is 1. The Morgan fingerprint density at radius 3 is 2.71 bits per heavy atom. The molecule has 13 heteroatoms. The molecule has 6 rings (SSSR count). The van der Waals surface area contributed by atoms with Crippen LogP contribution in [0, 0.1) is 0 Å². The van der Waals surface area contributed by atoms with Crippen molar-refractivity contribution < 1.29 is 22.8 Å². The van der Waals surface area contributed by atoms with Crippen LogP contribution in [-0.4, -0.2) is 50.2 Å². The summed E-state index contributed by atoms with van der Waals surface area (Å²) in [6.07, 6.45) is 5.97. The van der Waals surface area contributed by atoms with Crippen molar-refractivity contribution in [2.24, 2.45) is 0 Å². The number of carbonyl (C=O) groups is 2. The van der Waals surface area contributed by atoms with E-state index in [1.165, 1.54) is 0 Å². The Morgan fingerprint density at radius 1 is 1.13 bits per heavy atom. The van der Waals surface area contributed by atoms with Crippen LogP contribution in [-0.2, 0) is 11.0 Å². The monoisotopic (exact) mass is 618 g/mol. The lowest BCUT2D eigenvalue weighted by molar-refractivity contribution is -0.137. The predicted octanol–water partition coefficient (Wildman–Crippen LogP) is 5.34. The maximum atomic E-state index is 13.1. The van der Waals surface area contributed by atoms with Gasteiger partial charge in [0, 0.05) is 54.1 Å². The molecule has 1 aromatic carbocycles. The maximum Gasteiger partial charge on any atom is 0.416 e. The van der Waals surface area contributed by atoms with Crippen LogP contribution in [0.2, 0.25) is 0 Å². The fraction of sp³-hybridized carbons (Fsp3) is 0.344. The number of carbonyl (C=O) groups excluding carboxylic acids is 2. The molecule has 1 fully saturated rings. The van der Waals surface area contributed by atoms with Crippen LogP contribution in [0.15, 0.2) is 54.9 Å². The molecule has 2 bridgehead atoms. The summed E-state index contributed by atoms with van der Waals surface area (Å²) in [5.74, 6) is -0.470. The molecule has 0 radical (unpaired) electrons. The van der Waals surface area contributed by atoms with Crippen molar-refractivity contribution in [1.82, 2.24) is 30.4 Å². The minimum atomic E-state index is -4.56. The van der Waals surface area contributed by atoms with E-state index < -0.39 is 17.6 Å². The van der Waals surface area contributed by atoms with Crippen LogP contribution in [0.1, 0.15) is 66.6 Å². The number of nitrogens with two attached hydrogens (primary N) is 1. The number of fused-ring (bicyclic) bond motifs is 3. The fourth-order valence-corrected chi connectivity index (χ4v) is 6.06. The first-order chi connectivity index (χ1) is 21.6. The van der Waals surface area contributed by atoms with Crippen molar-refractivity contribution in [2.45, 2.75) is 63.3 Å². The van der Waals surface area contributed by atoms with Crippen molar-refractivity contribution >= 4 is 40.4 Å². The number of rotatable bonds is 3. The minimum Gasteiger partial charge on any atom is -0.383 e. The van der Waals surface area contributed by atoms with E-state index in [1.807, 2.05) is 23.8 Å². The number of hydrogen-bond acceptors (Lipinski definition) is 7. The molecule has 234 valence electrons. The van der Waals surface area contributed by atoms with Crippen molar-refractivity contribution in [3.05, 3.63) is 71.6 Å².